The maximum atomic E-state index is 14.0. The van der Waals surface area contributed by atoms with Gasteiger partial charge in [0.25, 0.3) is 0 Å². The maximum Gasteiger partial charge on any atom is 0.303 e. The molecule has 390 valence electrons. The summed E-state index contributed by atoms with van der Waals surface area (Å²) in [4.78, 5) is 137. The number of thioether (sulfide) groups is 1. The fourth-order valence-electron chi connectivity index (χ4n) is 6.54. The van der Waals surface area contributed by atoms with Gasteiger partial charge in [0, 0.05) is 49.8 Å². The SMILES string of the molecule is CSCC[C@H](NC(=O)[C@H](CCC(=O)O)NC(=O)[C@H](CCC(=O)O)NC(=O)CCCC[C@@H]1CCSS1)C(=O)N[C@@H](CCC(N)=O)C(=O)N[C@@H](CCCN=C(N)N)C(=O)N[C@@H](CCCN=C(N)N)C(N)=O. The first-order valence-electron chi connectivity index (χ1n) is 22.3. The number of aliphatic carboxylic acids is 2. The molecular formula is C40H70N14O12S3. The standard InChI is InChI=1S/C40H70N14O12S3/c1-67-20-17-28(54-37(65)27(12-15-32(59)60)53-35(63)25(11-14-31(57)58)49-30(56)9-3-2-6-22-16-21-68-69-22)38(66)52-26(10-13-29(41)55)36(64)51-24(8-5-19-48-40(45)46)34(62)50-23(33(42)61)7-4-18-47-39(43)44/h22-28H,2-21H2,1H3,(H2,41,55)(H2,42,61)(H,49,56)(H,50,62)(H,51,64)(H,52,66)(H,53,63)(H,54,65)(H,57,58)(H,59,60)(H4,43,44,47)(H4,45,46,48)/t22-,23+,24+,25+,26+,27+,28+/m1/s1. The Bertz CT molecular complexity index is 1800. The van der Waals surface area contributed by atoms with Crippen molar-refractivity contribution in [3.63, 3.8) is 0 Å². The Balaban J connectivity index is 3.35. The molecule has 0 aromatic heterocycles. The van der Waals surface area contributed by atoms with E-state index in [-0.39, 0.29) is 82.1 Å². The van der Waals surface area contributed by atoms with Crippen molar-refractivity contribution in [2.75, 3.05) is 30.9 Å². The number of nitrogens with one attached hydrogen (secondary N) is 6. The summed E-state index contributed by atoms with van der Waals surface area (Å²) in [5.74, 6) is -8.71. The number of carboxylic acids is 2. The van der Waals surface area contributed by atoms with E-state index in [4.69, 9.17) is 34.4 Å². The van der Waals surface area contributed by atoms with Crippen LogP contribution >= 0.6 is 33.3 Å². The van der Waals surface area contributed by atoms with Crippen LogP contribution in [0.5, 0.6) is 0 Å². The number of amides is 8. The number of primary amides is 2. The topological polar surface area (TPSA) is 464 Å². The quantitative estimate of drug-likeness (QED) is 0.0127. The van der Waals surface area contributed by atoms with Crippen LogP contribution in [0.2, 0.25) is 0 Å². The summed E-state index contributed by atoms with van der Waals surface area (Å²) < 4.78 is 0. The minimum atomic E-state index is -1.60. The van der Waals surface area contributed by atoms with Crippen molar-refractivity contribution < 1.29 is 58.2 Å². The molecule has 20 N–H and O–H groups in total. The molecule has 1 saturated heterocycles. The smallest absolute Gasteiger partial charge is 0.303 e. The van der Waals surface area contributed by atoms with Gasteiger partial charge in [0.1, 0.15) is 36.3 Å². The molecule has 69 heavy (non-hydrogen) atoms. The minimum absolute atomic E-state index is 0.0228. The van der Waals surface area contributed by atoms with E-state index in [9.17, 15) is 58.2 Å². The lowest BCUT2D eigenvalue weighted by Crippen LogP contribution is -2.59. The number of nitrogens with two attached hydrogens (primary N) is 6. The van der Waals surface area contributed by atoms with Crippen LogP contribution in [-0.2, 0) is 47.9 Å². The molecule has 0 unspecified atom stereocenters. The molecule has 29 heteroatoms. The van der Waals surface area contributed by atoms with E-state index >= 15 is 0 Å². The molecule has 8 amide bonds. The number of hydrogen-bond donors (Lipinski definition) is 14. The molecule has 0 aromatic carbocycles. The maximum absolute atomic E-state index is 14.0. The van der Waals surface area contributed by atoms with Gasteiger partial charge in [-0.05, 0) is 82.6 Å². The van der Waals surface area contributed by atoms with E-state index < -0.39 is 121 Å². The monoisotopic (exact) mass is 1030 g/mol. The summed E-state index contributed by atoms with van der Waals surface area (Å²) >= 11 is 1.29. The molecule has 0 spiro atoms. The van der Waals surface area contributed by atoms with Crippen molar-refractivity contribution in [2.45, 2.75) is 144 Å². The van der Waals surface area contributed by atoms with Crippen LogP contribution in [0.3, 0.4) is 0 Å². The summed E-state index contributed by atoms with van der Waals surface area (Å²) in [7, 11) is 3.61. The Morgan fingerprint density at radius 1 is 0.551 bits per heavy atom. The van der Waals surface area contributed by atoms with Gasteiger partial charge in [0.05, 0.1) is 0 Å². The number of nitrogens with zero attached hydrogens (tertiary/aromatic N) is 2. The molecule has 1 aliphatic rings. The third kappa shape index (κ3) is 28.4. The first-order chi connectivity index (χ1) is 32.6. The Morgan fingerprint density at radius 3 is 1.38 bits per heavy atom. The van der Waals surface area contributed by atoms with Crippen molar-refractivity contribution in [1.82, 2.24) is 31.9 Å². The average molecular weight is 1040 g/mol. The Hall–Kier alpha value is -5.71. The van der Waals surface area contributed by atoms with Gasteiger partial charge in [-0.1, -0.05) is 28.0 Å². The van der Waals surface area contributed by atoms with Crippen molar-refractivity contribution in [3.8, 4) is 0 Å². The van der Waals surface area contributed by atoms with Crippen LogP contribution in [0.1, 0.15) is 103 Å². The van der Waals surface area contributed by atoms with Gasteiger partial charge in [-0.2, -0.15) is 11.8 Å². The second-order valence-electron chi connectivity index (χ2n) is 16.0. The number of carboxylic acid groups (broad SMARTS) is 2. The van der Waals surface area contributed by atoms with Crippen molar-refractivity contribution >= 4 is 104 Å². The fraction of sp³-hybridized carbons (Fsp3) is 0.700. The van der Waals surface area contributed by atoms with E-state index in [0.717, 1.165) is 25.0 Å². The summed E-state index contributed by atoms with van der Waals surface area (Å²) in [6.07, 6.45) is 2.48. The molecule has 0 radical (unpaired) electrons. The third-order valence-corrected chi connectivity index (χ3v) is 13.9. The molecule has 0 aliphatic carbocycles. The van der Waals surface area contributed by atoms with E-state index in [1.165, 1.54) is 11.8 Å². The molecule has 0 aromatic rings. The van der Waals surface area contributed by atoms with Crippen LogP contribution in [0.25, 0.3) is 0 Å². The number of rotatable bonds is 37. The lowest BCUT2D eigenvalue weighted by molar-refractivity contribution is -0.140. The zero-order valence-corrected chi connectivity index (χ0v) is 41.2. The molecule has 1 heterocycles. The van der Waals surface area contributed by atoms with Crippen LogP contribution in [0.15, 0.2) is 9.98 Å². The summed E-state index contributed by atoms with van der Waals surface area (Å²) in [6, 6.07) is -8.60. The molecular weight excluding hydrogens is 965 g/mol. The highest BCUT2D eigenvalue weighted by Crippen LogP contribution is 2.39. The molecule has 1 aliphatic heterocycles. The van der Waals surface area contributed by atoms with Crippen LogP contribution in [0.4, 0.5) is 0 Å². The lowest BCUT2D eigenvalue weighted by Gasteiger charge is -2.27. The highest BCUT2D eigenvalue weighted by atomic mass is 33.1. The normalized spacial score (nSPS) is 15.6. The predicted molar refractivity (Wildman–Crippen MR) is 263 cm³/mol. The number of aliphatic imine (C=N–C) groups is 2. The molecule has 1 rings (SSSR count). The van der Waals surface area contributed by atoms with Gasteiger partial charge in [-0.3, -0.25) is 57.9 Å². The van der Waals surface area contributed by atoms with Gasteiger partial charge in [-0.25, -0.2) is 0 Å². The van der Waals surface area contributed by atoms with Crippen LogP contribution in [0, 0.1) is 0 Å². The minimum Gasteiger partial charge on any atom is -0.481 e. The largest absolute Gasteiger partial charge is 0.481 e. The highest BCUT2D eigenvalue weighted by molar-refractivity contribution is 8.77. The van der Waals surface area contributed by atoms with Gasteiger partial charge in [0.15, 0.2) is 11.9 Å². The Kier molecular flexibility index (Phi) is 30.7. The second kappa shape index (κ2) is 34.6. The summed E-state index contributed by atoms with van der Waals surface area (Å²) in [5, 5.41) is 34.3. The van der Waals surface area contributed by atoms with Crippen molar-refractivity contribution in [3.05, 3.63) is 0 Å². The number of carbonyl (C=O) groups excluding carboxylic acids is 8. The van der Waals surface area contributed by atoms with Gasteiger partial charge >= 0.3 is 11.9 Å². The molecule has 0 bridgehead atoms. The van der Waals surface area contributed by atoms with Gasteiger partial charge in [0.2, 0.25) is 47.3 Å². The zero-order chi connectivity index (χ0) is 51.9. The first kappa shape index (κ1) is 61.3. The van der Waals surface area contributed by atoms with Crippen molar-refractivity contribution in [2.24, 2.45) is 44.4 Å². The third-order valence-electron chi connectivity index (χ3n) is 10.2. The first-order valence-corrected chi connectivity index (χ1v) is 26.1. The van der Waals surface area contributed by atoms with Gasteiger partial charge in [-0.15, -0.1) is 0 Å². The highest BCUT2D eigenvalue weighted by Gasteiger charge is 2.34. The van der Waals surface area contributed by atoms with E-state index in [1.807, 2.05) is 10.8 Å². The number of hydrogen-bond acceptors (Lipinski definition) is 15. The van der Waals surface area contributed by atoms with Crippen LogP contribution < -0.4 is 66.3 Å². The number of carbonyl (C=O) groups is 10. The zero-order valence-electron chi connectivity index (χ0n) is 38.7. The Labute approximate surface area is 412 Å². The number of guanidine groups is 2. The molecule has 0 saturated carbocycles. The Morgan fingerprint density at radius 2 is 0.971 bits per heavy atom. The molecule has 7 atom stereocenters. The summed E-state index contributed by atoms with van der Waals surface area (Å²) in [6.45, 7) is 0.148. The van der Waals surface area contributed by atoms with Crippen molar-refractivity contribution in [1.29, 1.82) is 0 Å². The average Bonchev–Trinajstić information content (AvgIpc) is 3.80. The van der Waals surface area contributed by atoms with E-state index in [2.05, 4.69) is 41.9 Å². The van der Waals surface area contributed by atoms with E-state index in [0.29, 0.717) is 11.7 Å². The predicted octanol–water partition coefficient (Wildman–Crippen LogP) is -3.05. The van der Waals surface area contributed by atoms with Gasteiger partial charge < -0.3 is 76.5 Å². The second-order valence-corrected chi connectivity index (χ2v) is 19.7. The van der Waals surface area contributed by atoms with E-state index in [1.54, 1.807) is 17.0 Å². The molecule has 1 fully saturated rings. The molecule has 26 nitrogen and oxygen atoms in total. The van der Waals surface area contributed by atoms with Crippen LogP contribution in [-0.4, -0.2) is 154 Å². The fourth-order valence-corrected chi connectivity index (χ4v) is 10.0. The summed E-state index contributed by atoms with van der Waals surface area (Å²) in [5.41, 5.74) is 32.5. The lowest BCUT2D eigenvalue weighted by atomic mass is 10.0. The number of unbranched alkanes of at least 4 members (excludes halogenated alkanes) is 1.